The molecule has 0 aliphatic carbocycles. The number of aromatic carboxylic acids is 1. The number of nitrogens with zero attached hydrogens (tertiary/aromatic N) is 2. The average molecular weight is 202 g/mol. The van der Waals surface area contributed by atoms with Crippen LogP contribution in [0.25, 0.3) is 11.0 Å². The van der Waals surface area contributed by atoms with Gasteiger partial charge in [-0.25, -0.2) is 14.8 Å². The summed E-state index contributed by atoms with van der Waals surface area (Å²) >= 11 is 0. The Labute approximate surface area is 86.6 Å². The first-order chi connectivity index (χ1) is 7.08. The fourth-order valence-electron chi connectivity index (χ4n) is 1.46. The van der Waals surface area contributed by atoms with Gasteiger partial charge >= 0.3 is 5.97 Å². The number of aryl methyl sites for hydroxylation is 2. The zero-order chi connectivity index (χ0) is 11.0. The number of aromatic nitrogens is 2. The number of carboxylic acid groups (broad SMARTS) is 1. The van der Waals surface area contributed by atoms with E-state index >= 15 is 0 Å². The van der Waals surface area contributed by atoms with E-state index in [-0.39, 0.29) is 5.69 Å². The minimum atomic E-state index is -1.04. The van der Waals surface area contributed by atoms with Crippen LogP contribution in [0, 0.1) is 13.8 Å². The maximum atomic E-state index is 10.8. The third-order valence-corrected chi connectivity index (χ3v) is 2.20. The van der Waals surface area contributed by atoms with Gasteiger partial charge in [0.05, 0.1) is 16.7 Å². The molecule has 1 aromatic heterocycles. The molecule has 4 nitrogen and oxygen atoms in total. The van der Waals surface area contributed by atoms with E-state index in [1.54, 1.807) is 6.92 Å². The standard InChI is InChI=1S/C11H10N2O2/c1-6-3-4-8-9(5-6)13-10(11(14)15)7(2)12-8/h3-5H,1-2H3,(H,14,15). The van der Waals surface area contributed by atoms with Crippen molar-refractivity contribution < 1.29 is 9.90 Å². The second kappa shape index (κ2) is 3.31. The van der Waals surface area contributed by atoms with E-state index in [9.17, 15) is 4.79 Å². The third kappa shape index (κ3) is 1.66. The first-order valence-corrected chi connectivity index (χ1v) is 4.56. The average Bonchev–Trinajstić information content (AvgIpc) is 2.17. The van der Waals surface area contributed by atoms with Crippen LogP contribution in [0.2, 0.25) is 0 Å². The van der Waals surface area contributed by atoms with E-state index in [2.05, 4.69) is 9.97 Å². The molecule has 0 radical (unpaired) electrons. The summed E-state index contributed by atoms with van der Waals surface area (Å²) in [6.07, 6.45) is 0. The molecule has 0 saturated heterocycles. The Morgan fingerprint density at radius 2 is 1.93 bits per heavy atom. The molecule has 0 fully saturated rings. The van der Waals surface area contributed by atoms with Crippen LogP contribution in [0.3, 0.4) is 0 Å². The van der Waals surface area contributed by atoms with E-state index in [0.717, 1.165) is 11.1 Å². The topological polar surface area (TPSA) is 63.1 Å². The minimum absolute atomic E-state index is 0.0214. The predicted octanol–water partition coefficient (Wildman–Crippen LogP) is 1.94. The summed E-state index contributed by atoms with van der Waals surface area (Å²) in [5, 5.41) is 8.89. The molecule has 2 aromatic rings. The summed E-state index contributed by atoms with van der Waals surface area (Å²) in [7, 11) is 0. The highest BCUT2D eigenvalue weighted by atomic mass is 16.4. The summed E-state index contributed by atoms with van der Waals surface area (Å²) in [6, 6.07) is 5.60. The molecule has 0 aliphatic rings. The molecule has 15 heavy (non-hydrogen) atoms. The Balaban J connectivity index is 2.77. The van der Waals surface area contributed by atoms with Gasteiger partial charge in [-0.15, -0.1) is 0 Å². The molecule has 0 spiro atoms. The van der Waals surface area contributed by atoms with Crippen molar-refractivity contribution in [3.05, 3.63) is 35.2 Å². The summed E-state index contributed by atoms with van der Waals surface area (Å²) < 4.78 is 0. The zero-order valence-corrected chi connectivity index (χ0v) is 8.48. The maximum absolute atomic E-state index is 10.8. The quantitative estimate of drug-likeness (QED) is 0.767. The summed E-state index contributed by atoms with van der Waals surface area (Å²) in [5.74, 6) is -1.04. The molecule has 0 saturated carbocycles. The van der Waals surface area contributed by atoms with Gasteiger partial charge in [0.1, 0.15) is 0 Å². The molecule has 1 heterocycles. The van der Waals surface area contributed by atoms with E-state index in [0.29, 0.717) is 11.2 Å². The lowest BCUT2D eigenvalue weighted by Crippen LogP contribution is -2.05. The molecular weight excluding hydrogens is 192 g/mol. The lowest BCUT2D eigenvalue weighted by Gasteiger charge is -2.02. The third-order valence-electron chi connectivity index (χ3n) is 2.20. The monoisotopic (exact) mass is 202 g/mol. The fraction of sp³-hybridized carbons (Fsp3) is 0.182. The second-order valence-corrected chi connectivity index (χ2v) is 3.45. The van der Waals surface area contributed by atoms with Gasteiger partial charge in [0.2, 0.25) is 0 Å². The van der Waals surface area contributed by atoms with Gasteiger partial charge < -0.3 is 5.11 Å². The van der Waals surface area contributed by atoms with Crippen molar-refractivity contribution in [2.75, 3.05) is 0 Å². The minimum Gasteiger partial charge on any atom is -0.476 e. The van der Waals surface area contributed by atoms with E-state index in [1.807, 2.05) is 25.1 Å². The van der Waals surface area contributed by atoms with Gasteiger partial charge in [-0.1, -0.05) is 6.07 Å². The Morgan fingerprint density at radius 3 is 2.60 bits per heavy atom. The number of benzene rings is 1. The smallest absolute Gasteiger partial charge is 0.356 e. The lowest BCUT2D eigenvalue weighted by molar-refractivity contribution is 0.0689. The summed E-state index contributed by atoms with van der Waals surface area (Å²) in [5.41, 5.74) is 2.85. The molecule has 2 rings (SSSR count). The van der Waals surface area contributed by atoms with Crippen molar-refractivity contribution in [2.24, 2.45) is 0 Å². The molecule has 1 N–H and O–H groups in total. The van der Waals surface area contributed by atoms with Crippen LogP contribution in [0.15, 0.2) is 18.2 Å². The van der Waals surface area contributed by atoms with Crippen molar-refractivity contribution in [1.29, 1.82) is 0 Å². The Morgan fingerprint density at radius 1 is 1.20 bits per heavy atom. The van der Waals surface area contributed by atoms with E-state index < -0.39 is 5.97 Å². The maximum Gasteiger partial charge on any atom is 0.356 e. The number of carbonyl (C=O) groups is 1. The van der Waals surface area contributed by atoms with E-state index in [4.69, 9.17) is 5.11 Å². The summed E-state index contributed by atoms with van der Waals surface area (Å²) in [4.78, 5) is 19.1. The van der Waals surface area contributed by atoms with Crippen molar-refractivity contribution in [3.63, 3.8) is 0 Å². The van der Waals surface area contributed by atoms with Crippen molar-refractivity contribution in [2.45, 2.75) is 13.8 Å². The fourth-order valence-corrected chi connectivity index (χ4v) is 1.46. The highest BCUT2D eigenvalue weighted by Gasteiger charge is 2.11. The Bertz CT molecular complexity index is 550. The van der Waals surface area contributed by atoms with Gasteiger partial charge in [0.25, 0.3) is 0 Å². The van der Waals surface area contributed by atoms with E-state index in [1.165, 1.54) is 0 Å². The molecule has 0 aliphatic heterocycles. The lowest BCUT2D eigenvalue weighted by atomic mass is 10.2. The van der Waals surface area contributed by atoms with Gasteiger partial charge in [-0.3, -0.25) is 0 Å². The number of fused-ring (bicyclic) bond motifs is 1. The first kappa shape index (κ1) is 9.58. The number of rotatable bonds is 1. The van der Waals surface area contributed by atoms with Crippen LogP contribution in [0.5, 0.6) is 0 Å². The molecule has 0 amide bonds. The Kier molecular flexibility index (Phi) is 2.11. The number of hydrogen-bond donors (Lipinski definition) is 1. The van der Waals surface area contributed by atoms with Gasteiger partial charge in [0.15, 0.2) is 5.69 Å². The second-order valence-electron chi connectivity index (χ2n) is 3.45. The summed E-state index contributed by atoms with van der Waals surface area (Å²) in [6.45, 7) is 3.58. The van der Waals surface area contributed by atoms with Gasteiger partial charge in [-0.05, 0) is 31.5 Å². The SMILES string of the molecule is Cc1ccc2nc(C)c(C(=O)O)nc2c1. The van der Waals surface area contributed by atoms with Crippen LogP contribution in [-0.4, -0.2) is 21.0 Å². The van der Waals surface area contributed by atoms with Crippen LogP contribution in [-0.2, 0) is 0 Å². The molecule has 0 atom stereocenters. The molecule has 1 aromatic carbocycles. The van der Waals surface area contributed by atoms with Crippen molar-refractivity contribution >= 4 is 17.0 Å². The molecular formula is C11H10N2O2. The zero-order valence-electron chi connectivity index (χ0n) is 8.48. The number of carboxylic acids is 1. The predicted molar refractivity (Wildman–Crippen MR) is 56.0 cm³/mol. The van der Waals surface area contributed by atoms with Crippen LogP contribution in [0.4, 0.5) is 0 Å². The van der Waals surface area contributed by atoms with Crippen molar-refractivity contribution in [3.8, 4) is 0 Å². The van der Waals surface area contributed by atoms with Gasteiger partial charge in [-0.2, -0.15) is 0 Å². The van der Waals surface area contributed by atoms with Crippen LogP contribution >= 0.6 is 0 Å². The molecule has 0 bridgehead atoms. The largest absolute Gasteiger partial charge is 0.476 e. The normalized spacial score (nSPS) is 10.5. The van der Waals surface area contributed by atoms with Crippen LogP contribution in [0.1, 0.15) is 21.7 Å². The molecule has 76 valence electrons. The van der Waals surface area contributed by atoms with Gasteiger partial charge in [0, 0.05) is 0 Å². The highest BCUT2D eigenvalue weighted by molar-refractivity contribution is 5.89. The Hall–Kier alpha value is -1.97. The van der Waals surface area contributed by atoms with Crippen molar-refractivity contribution in [1.82, 2.24) is 9.97 Å². The highest BCUT2D eigenvalue weighted by Crippen LogP contribution is 2.14. The molecule has 4 heteroatoms. The van der Waals surface area contributed by atoms with Crippen LogP contribution < -0.4 is 0 Å². The molecule has 0 unspecified atom stereocenters. The first-order valence-electron chi connectivity index (χ1n) is 4.56. The number of hydrogen-bond acceptors (Lipinski definition) is 3.